The van der Waals surface area contributed by atoms with Gasteiger partial charge >= 0.3 is 11.9 Å². The summed E-state index contributed by atoms with van der Waals surface area (Å²) in [5.74, 6) is 0.508. The second-order valence-corrected chi connectivity index (χ2v) is 13.3. The molecular weight excluding hydrogens is 799 g/mol. The Morgan fingerprint density at radius 3 is 2.48 bits per heavy atom. The Kier molecular flexibility index (Phi) is 12.2. The Labute approximate surface area is 310 Å². The largest absolute Gasteiger partial charge is 0.493 e. The predicted molar refractivity (Wildman–Crippen MR) is 197 cm³/mol. The van der Waals surface area contributed by atoms with Crippen LogP contribution in [0.1, 0.15) is 43.5 Å². The van der Waals surface area contributed by atoms with Gasteiger partial charge in [-0.15, -0.1) is 0 Å². The molecule has 14 heteroatoms. The molecule has 2 heterocycles. The lowest BCUT2D eigenvalue weighted by Crippen LogP contribution is -2.40. The smallest absolute Gasteiger partial charge is 0.343 e. The van der Waals surface area contributed by atoms with E-state index in [1.54, 1.807) is 57.4 Å². The summed E-state index contributed by atoms with van der Waals surface area (Å²) in [7, 11) is 2.82. The zero-order chi connectivity index (χ0) is 35.9. The van der Waals surface area contributed by atoms with Crippen LogP contribution >= 0.6 is 45.5 Å². The van der Waals surface area contributed by atoms with Crippen molar-refractivity contribution in [2.75, 3.05) is 34.0 Å². The topological polar surface area (TPSA) is 124 Å². The number of halogens is 2. The first kappa shape index (κ1) is 36.9. The van der Waals surface area contributed by atoms with E-state index in [2.05, 4.69) is 32.3 Å². The van der Waals surface area contributed by atoms with Gasteiger partial charge in [-0.1, -0.05) is 47.2 Å². The highest BCUT2D eigenvalue weighted by atomic mass is 127. The van der Waals surface area contributed by atoms with Gasteiger partial charge in [-0.2, -0.15) is 0 Å². The van der Waals surface area contributed by atoms with Crippen molar-refractivity contribution >= 4 is 63.5 Å². The minimum atomic E-state index is -0.892. The van der Waals surface area contributed by atoms with Gasteiger partial charge < -0.3 is 28.4 Å². The molecule has 0 unspecified atom stereocenters. The number of carbonyl (C=O) groups is 2. The Hall–Kier alpha value is -4.34. The standard InChI is InChI=1S/C36H34ClIN2O9S/c1-6-46-27-17-22(12-13-26(27)48-19-30(41)45-5)32-31(35(43)47-7-2)20(3)39-36-40(32)34(42)29(50-36)16-21-14-25(38)33(28(15-21)44-4)49-18-23-10-8-9-11-24(23)37/h8-17,32H,6-7,18-19H2,1-5H3/b29-16-/t32-/m1/s1. The summed E-state index contributed by atoms with van der Waals surface area (Å²) in [6, 6.07) is 15.2. The summed E-state index contributed by atoms with van der Waals surface area (Å²) < 4.78 is 36.0. The minimum Gasteiger partial charge on any atom is -0.493 e. The number of carbonyl (C=O) groups excluding carboxylic acids is 2. The number of rotatable bonds is 13. The van der Waals surface area contributed by atoms with Gasteiger partial charge in [0.25, 0.3) is 5.56 Å². The van der Waals surface area contributed by atoms with Crippen LogP contribution in [-0.4, -0.2) is 50.5 Å². The first-order valence-electron chi connectivity index (χ1n) is 15.5. The summed E-state index contributed by atoms with van der Waals surface area (Å²) in [5, 5.41) is 0.602. The van der Waals surface area contributed by atoms with Crippen molar-refractivity contribution in [2.45, 2.75) is 33.4 Å². The number of benzene rings is 3. The second kappa shape index (κ2) is 16.6. The first-order chi connectivity index (χ1) is 24.1. The Balaban J connectivity index is 1.59. The number of methoxy groups -OCH3 is 2. The van der Waals surface area contributed by atoms with Crippen molar-refractivity contribution in [2.24, 2.45) is 4.99 Å². The molecule has 0 bridgehead atoms. The van der Waals surface area contributed by atoms with E-state index in [0.29, 0.717) is 60.8 Å². The normalized spacial score (nSPS) is 14.1. The van der Waals surface area contributed by atoms with Gasteiger partial charge in [0.15, 0.2) is 34.4 Å². The molecule has 1 aliphatic rings. The zero-order valence-corrected chi connectivity index (χ0v) is 31.6. The molecule has 5 rings (SSSR count). The van der Waals surface area contributed by atoms with Gasteiger partial charge in [0.05, 0.1) is 52.8 Å². The Morgan fingerprint density at radius 1 is 1.00 bits per heavy atom. The molecule has 3 aromatic carbocycles. The fourth-order valence-electron chi connectivity index (χ4n) is 5.26. The van der Waals surface area contributed by atoms with Gasteiger partial charge in [-0.05, 0) is 90.9 Å². The third-order valence-electron chi connectivity index (χ3n) is 7.55. The van der Waals surface area contributed by atoms with Gasteiger partial charge in [-0.25, -0.2) is 14.6 Å². The number of esters is 2. The van der Waals surface area contributed by atoms with E-state index in [9.17, 15) is 14.4 Å². The summed E-state index contributed by atoms with van der Waals surface area (Å²) in [4.78, 5) is 44.5. The lowest BCUT2D eigenvalue weighted by atomic mass is 9.95. The molecule has 0 fully saturated rings. The van der Waals surface area contributed by atoms with Crippen molar-refractivity contribution in [1.82, 2.24) is 4.57 Å². The van der Waals surface area contributed by atoms with Crippen LogP contribution < -0.4 is 33.8 Å². The first-order valence-corrected chi connectivity index (χ1v) is 17.8. The summed E-state index contributed by atoms with van der Waals surface area (Å²) in [6.45, 7) is 5.58. The maximum absolute atomic E-state index is 14.2. The highest BCUT2D eigenvalue weighted by molar-refractivity contribution is 14.1. The molecule has 0 radical (unpaired) electrons. The van der Waals surface area contributed by atoms with Crippen LogP contribution in [0.3, 0.4) is 0 Å². The fourth-order valence-corrected chi connectivity index (χ4v) is 7.28. The number of hydrogen-bond acceptors (Lipinski definition) is 11. The molecule has 0 N–H and O–H groups in total. The van der Waals surface area contributed by atoms with Crippen molar-refractivity contribution in [1.29, 1.82) is 0 Å². The molecule has 1 atom stereocenters. The monoisotopic (exact) mass is 832 g/mol. The average Bonchev–Trinajstić information content (AvgIpc) is 3.40. The molecule has 0 aliphatic carbocycles. The highest BCUT2D eigenvalue weighted by Gasteiger charge is 2.34. The Bertz CT molecular complexity index is 2140. The van der Waals surface area contributed by atoms with E-state index in [0.717, 1.165) is 9.13 Å². The van der Waals surface area contributed by atoms with Crippen LogP contribution in [0.2, 0.25) is 5.02 Å². The molecule has 1 aromatic heterocycles. The predicted octanol–water partition coefficient (Wildman–Crippen LogP) is 5.59. The molecule has 0 saturated heterocycles. The quantitative estimate of drug-likeness (QED) is 0.125. The van der Waals surface area contributed by atoms with Crippen molar-refractivity contribution < 1.29 is 38.0 Å². The van der Waals surface area contributed by atoms with Gasteiger partial charge in [0.1, 0.15) is 6.61 Å². The number of allylic oxidation sites excluding steroid dienone is 1. The molecule has 50 heavy (non-hydrogen) atoms. The summed E-state index contributed by atoms with van der Waals surface area (Å²) >= 11 is 9.69. The van der Waals surface area contributed by atoms with Gasteiger partial charge in [0.2, 0.25) is 0 Å². The summed E-state index contributed by atoms with van der Waals surface area (Å²) in [6.07, 6.45) is 1.75. The number of fused-ring (bicyclic) bond motifs is 1. The highest BCUT2D eigenvalue weighted by Crippen LogP contribution is 2.37. The molecule has 11 nitrogen and oxygen atoms in total. The van der Waals surface area contributed by atoms with Crippen LogP contribution in [0.25, 0.3) is 6.08 Å². The molecular formula is C36H34ClIN2O9S. The number of aromatic nitrogens is 1. The van der Waals surface area contributed by atoms with Gasteiger partial charge in [-0.3, -0.25) is 9.36 Å². The Morgan fingerprint density at radius 2 is 1.78 bits per heavy atom. The fraction of sp³-hybridized carbons (Fsp3) is 0.278. The van der Waals surface area contributed by atoms with Crippen LogP contribution in [-0.2, 0) is 25.7 Å². The third-order valence-corrected chi connectivity index (χ3v) is 9.71. The number of thiazole rings is 1. The van der Waals surface area contributed by atoms with Crippen LogP contribution in [0.15, 0.2) is 75.7 Å². The molecule has 1 aliphatic heterocycles. The maximum atomic E-state index is 14.2. The molecule has 0 amide bonds. The van der Waals surface area contributed by atoms with Crippen molar-refractivity contribution in [3.05, 3.63) is 111 Å². The lowest BCUT2D eigenvalue weighted by Gasteiger charge is -2.25. The third kappa shape index (κ3) is 8.00. The molecule has 4 aromatic rings. The summed E-state index contributed by atoms with van der Waals surface area (Å²) in [5.41, 5.74) is 2.37. The van der Waals surface area contributed by atoms with E-state index in [-0.39, 0.29) is 31.0 Å². The van der Waals surface area contributed by atoms with Crippen molar-refractivity contribution in [3.8, 4) is 23.0 Å². The van der Waals surface area contributed by atoms with E-state index in [1.165, 1.54) is 23.0 Å². The average molecular weight is 833 g/mol. The van der Waals surface area contributed by atoms with Gasteiger partial charge in [0, 0.05) is 10.6 Å². The molecule has 0 saturated carbocycles. The van der Waals surface area contributed by atoms with E-state index >= 15 is 0 Å². The molecule has 262 valence electrons. The number of hydrogen-bond donors (Lipinski definition) is 0. The number of nitrogens with zero attached hydrogens (tertiary/aromatic N) is 2. The second-order valence-electron chi connectivity index (χ2n) is 10.7. The SMILES string of the molecule is CCOC(=O)C1=C(C)N=c2s/c(=C\c3cc(I)c(OCc4ccccc4Cl)c(OC)c3)c(=O)n2[C@@H]1c1ccc(OCC(=O)OC)c(OCC)c1. The van der Waals surface area contributed by atoms with Crippen molar-refractivity contribution in [3.63, 3.8) is 0 Å². The molecule has 0 spiro atoms. The van der Waals surface area contributed by atoms with Crippen LogP contribution in [0.4, 0.5) is 0 Å². The lowest BCUT2D eigenvalue weighted by molar-refractivity contribution is -0.143. The zero-order valence-electron chi connectivity index (χ0n) is 27.9. The van der Waals surface area contributed by atoms with E-state index in [4.69, 9.17) is 35.3 Å². The van der Waals surface area contributed by atoms with E-state index in [1.807, 2.05) is 31.2 Å². The van der Waals surface area contributed by atoms with Crippen LogP contribution in [0, 0.1) is 3.57 Å². The number of ether oxygens (including phenoxy) is 6. The maximum Gasteiger partial charge on any atom is 0.343 e. The minimum absolute atomic E-state index is 0.135. The van der Waals surface area contributed by atoms with Crippen LogP contribution in [0.5, 0.6) is 23.0 Å². The van der Waals surface area contributed by atoms with E-state index < -0.39 is 18.0 Å².